The molecule has 5 heteroatoms. The van der Waals surface area contributed by atoms with Crippen molar-refractivity contribution in [2.75, 3.05) is 13.1 Å². The molecule has 0 amide bonds. The van der Waals surface area contributed by atoms with E-state index in [4.69, 9.17) is 4.74 Å². The topological polar surface area (TPSA) is 42.4 Å². The molecule has 2 heterocycles. The summed E-state index contributed by atoms with van der Waals surface area (Å²) >= 11 is 0. The van der Waals surface area contributed by atoms with E-state index in [-0.39, 0.29) is 12.4 Å². The van der Waals surface area contributed by atoms with Crippen LogP contribution in [0.5, 0.6) is 11.5 Å². The maximum atomic E-state index is 11.9. The highest BCUT2D eigenvalue weighted by Gasteiger charge is 2.26. The lowest BCUT2D eigenvalue weighted by atomic mass is 9.94. The molecule has 1 atom stereocenters. The van der Waals surface area contributed by atoms with Crippen molar-refractivity contribution in [2.45, 2.75) is 45.6 Å². The van der Waals surface area contributed by atoms with Crippen molar-refractivity contribution in [1.82, 2.24) is 9.88 Å². The summed E-state index contributed by atoms with van der Waals surface area (Å²) in [4.78, 5) is 18.8. The first-order valence-electron chi connectivity index (χ1n) is 11.0. The van der Waals surface area contributed by atoms with Crippen LogP contribution in [0.1, 0.15) is 64.8 Å². The van der Waals surface area contributed by atoms with E-state index in [1.807, 2.05) is 36.5 Å². The summed E-state index contributed by atoms with van der Waals surface area (Å²) in [5.41, 5.74) is 5.26. The Hall–Kier alpha value is -2.69. The van der Waals surface area contributed by atoms with E-state index < -0.39 is 0 Å². The summed E-state index contributed by atoms with van der Waals surface area (Å²) in [5, 5.41) is 0. The van der Waals surface area contributed by atoms with Crippen LogP contribution in [0.3, 0.4) is 0 Å². The highest BCUT2D eigenvalue weighted by molar-refractivity contribution is 5.85. The molecule has 0 aliphatic carbocycles. The van der Waals surface area contributed by atoms with Gasteiger partial charge in [-0.2, -0.15) is 0 Å². The van der Waals surface area contributed by atoms with Gasteiger partial charge >= 0.3 is 0 Å². The first-order chi connectivity index (χ1) is 15.0. The minimum atomic E-state index is 0. The zero-order valence-corrected chi connectivity index (χ0v) is 19.8. The average molecular weight is 451 g/mol. The SMILES string of the molecule is Cc1ccc(CN2CCC(c3ccc(Oc4ccccc4C(C)C)cc3C=O)C2)nc1.Cl. The number of likely N-dealkylation sites (tertiary alicyclic amines) is 1. The first kappa shape index (κ1) is 24.0. The molecule has 2 aromatic carbocycles. The lowest BCUT2D eigenvalue weighted by molar-refractivity contribution is 0.112. The van der Waals surface area contributed by atoms with Crippen LogP contribution in [-0.4, -0.2) is 29.3 Å². The first-order valence-corrected chi connectivity index (χ1v) is 11.0. The number of pyridine rings is 1. The standard InChI is InChI=1S/C27H30N2O2.ClH/c1-19(2)25-6-4-5-7-27(25)31-24-10-11-26(22(14-24)18-30)21-12-13-29(16-21)17-23-9-8-20(3)15-28-23;/h4-11,14-15,18-19,21H,12-13,16-17H2,1-3H3;1H. The Labute approximate surface area is 197 Å². The molecule has 0 spiro atoms. The largest absolute Gasteiger partial charge is 0.457 e. The Morgan fingerprint density at radius 1 is 1.16 bits per heavy atom. The number of benzene rings is 2. The molecule has 168 valence electrons. The molecule has 3 aromatic rings. The quantitative estimate of drug-likeness (QED) is 0.384. The smallest absolute Gasteiger partial charge is 0.150 e. The number of halogens is 1. The van der Waals surface area contributed by atoms with Crippen LogP contribution >= 0.6 is 12.4 Å². The van der Waals surface area contributed by atoms with Gasteiger partial charge < -0.3 is 4.74 Å². The monoisotopic (exact) mass is 450 g/mol. The van der Waals surface area contributed by atoms with Crippen LogP contribution in [0.4, 0.5) is 0 Å². The number of nitrogens with zero attached hydrogens (tertiary/aromatic N) is 2. The summed E-state index contributed by atoms with van der Waals surface area (Å²) in [6.45, 7) is 9.16. The minimum Gasteiger partial charge on any atom is -0.457 e. The normalized spacial score (nSPS) is 16.1. The van der Waals surface area contributed by atoms with Gasteiger partial charge in [-0.05, 0) is 72.7 Å². The van der Waals surface area contributed by atoms with E-state index in [9.17, 15) is 4.79 Å². The Morgan fingerprint density at radius 2 is 1.97 bits per heavy atom. The third-order valence-corrected chi connectivity index (χ3v) is 6.02. The number of rotatable bonds is 7. The van der Waals surface area contributed by atoms with E-state index in [2.05, 4.69) is 54.9 Å². The average Bonchev–Trinajstić information content (AvgIpc) is 3.23. The van der Waals surface area contributed by atoms with Gasteiger partial charge in [0.1, 0.15) is 17.8 Å². The van der Waals surface area contributed by atoms with Crippen molar-refractivity contribution in [3.63, 3.8) is 0 Å². The Balaban J connectivity index is 0.00000289. The van der Waals surface area contributed by atoms with Gasteiger partial charge in [-0.25, -0.2) is 0 Å². The molecule has 1 aliphatic heterocycles. The Bertz CT molecular complexity index is 1050. The lowest BCUT2D eigenvalue weighted by Gasteiger charge is -2.18. The van der Waals surface area contributed by atoms with Gasteiger partial charge in [-0.15, -0.1) is 12.4 Å². The van der Waals surface area contributed by atoms with Crippen LogP contribution in [0.25, 0.3) is 0 Å². The zero-order chi connectivity index (χ0) is 21.8. The van der Waals surface area contributed by atoms with Gasteiger partial charge in [0.2, 0.25) is 0 Å². The summed E-state index contributed by atoms with van der Waals surface area (Å²) in [5.74, 6) is 2.27. The van der Waals surface area contributed by atoms with Crippen LogP contribution in [0, 0.1) is 6.92 Å². The molecule has 0 saturated carbocycles. The third kappa shape index (κ3) is 5.56. The second-order valence-electron chi connectivity index (χ2n) is 8.75. The van der Waals surface area contributed by atoms with Crippen LogP contribution in [0.15, 0.2) is 60.8 Å². The van der Waals surface area contributed by atoms with Gasteiger partial charge in [0.15, 0.2) is 0 Å². The van der Waals surface area contributed by atoms with E-state index >= 15 is 0 Å². The lowest BCUT2D eigenvalue weighted by Crippen LogP contribution is -2.20. The molecule has 1 saturated heterocycles. The third-order valence-electron chi connectivity index (χ3n) is 6.02. The fourth-order valence-electron chi connectivity index (χ4n) is 4.32. The molecular formula is C27H31ClN2O2. The van der Waals surface area contributed by atoms with Gasteiger partial charge in [0.05, 0.1) is 5.69 Å². The molecular weight excluding hydrogens is 420 g/mol. The van der Waals surface area contributed by atoms with Gasteiger partial charge in [0.25, 0.3) is 0 Å². The van der Waals surface area contributed by atoms with Crippen LogP contribution in [0.2, 0.25) is 0 Å². The van der Waals surface area contributed by atoms with Gasteiger partial charge in [-0.3, -0.25) is 14.7 Å². The van der Waals surface area contributed by atoms with E-state index in [1.165, 1.54) is 5.56 Å². The molecule has 32 heavy (non-hydrogen) atoms. The predicted octanol–water partition coefficient (Wildman–Crippen LogP) is 6.53. The van der Waals surface area contributed by atoms with Crippen LogP contribution in [-0.2, 0) is 6.54 Å². The van der Waals surface area contributed by atoms with Crippen molar-refractivity contribution in [3.8, 4) is 11.5 Å². The number of aromatic nitrogens is 1. The Morgan fingerprint density at radius 3 is 2.69 bits per heavy atom. The van der Waals surface area contributed by atoms with E-state index in [0.29, 0.717) is 17.6 Å². The van der Waals surface area contributed by atoms with Crippen molar-refractivity contribution in [3.05, 3.63) is 88.7 Å². The number of hydrogen-bond donors (Lipinski definition) is 0. The number of hydrogen-bond acceptors (Lipinski definition) is 4. The maximum absolute atomic E-state index is 11.9. The van der Waals surface area contributed by atoms with Crippen LogP contribution < -0.4 is 4.74 Å². The maximum Gasteiger partial charge on any atom is 0.150 e. The molecule has 0 bridgehead atoms. The molecule has 4 nitrogen and oxygen atoms in total. The minimum absolute atomic E-state index is 0. The number of carbonyl (C=O) groups excluding carboxylic acids is 1. The Kier molecular flexibility index (Phi) is 8.05. The van der Waals surface area contributed by atoms with Gasteiger partial charge in [0, 0.05) is 24.8 Å². The second-order valence-corrected chi connectivity index (χ2v) is 8.75. The van der Waals surface area contributed by atoms with Crippen molar-refractivity contribution >= 4 is 18.7 Å². The van der Waals surface area contributed by atoms with Gasteiger partial charge in [-0.1, -0.05) is 44.2 Å². The highest BCUT2D eigenvalue weighted by Crippen LogP contribution is 2.34. The molecule has 1 fully saturated rings. The van der Waals surface area contributed by atoms with Crippen molar-refractivity contribution < 1.29 is 9.53 Å². The summed E-state index contributed by atoms with van der Waals surface area (Å²) < 4.78 is 6.16. The molecule has 1 aromatic heterocycles. The molecule has 0 N–H and O–H groups in total. The second kappa shape index (κ2) is 10.8. The number of carbonyl (C=O) groups is 1. The number of para-hydroxylation sites is 1. The fourth-order valence-corrected chi connectivity index (χ4v) is 4.32. The molecule has 1 unspecified atom stereocenters. The predicted molar refractivity (Wildman–Crippen MR) is 131 cm³/mol. The number of aldehydes is 1. The fraction of sp³-hybridized carbons (Fsp3) is 0.333. The van der Waals surface area contributed by atoms with E-state index in [0.717, 1.165) is 60.5 Å². The van der Waals surface area contributed by atoms with Crippen molar-refractivity contribution in [2.24, 2.45) is 0 Å². The molecule has 1 aliphatic rings. The molecule has 4 rings (SSSR count). The molecule has 0 radical (unpaired) electrons. The number of ether oxygens (including phenoxy) is 1. The highest BCUT2D eigenvalue weighted by atomic mass is 35.5. The summed E-state index contributed by atoms with van der Waals surface area (Å²) in [6, 6.07) is 18.2. The van der Waals surface area contributed by atoms with E-state index in [1.54, 1.807) is 0 Å². The summed E-state index contributed by atoms with van der Waals surface area (Å²) in [7, 11) is 0. The number of aryl methyl sites for hydroxylation is 1. The summed E-state index contributed by atoms with van der Waals surface area (Å²) in [6.07, 6.45) is 3.92. The van der Waals surface area contributed by atoms with Crippen molar-refractivity contribution in [1.29, 1.82) is 0 Å². The zero-order valence-electron chi connectivity index (χ0n) is 19.0.